The molecule has 1 saturated heterocycles. The lowest BCUT2D eigenvalue weighted by molar-refractivity contribution is -0.118. The normalized spacial score (nSPS) is 17.7. The topological polar surface area (TPSA) is 132 Å². The van der Waals surface area contributed by atoms with Crippen LogP contribution in [0.1, 0.15) is 45.8 Å². The average molecular weight is 584 g/mol. The van der Waals surface area contributed by atoms with Crippen molar-refractivity contribution >= 4 is 35.2 Å². The highest BCUT2D eigenvalue weighted by molar-refractivity contribution is 6.31. The maximum Gasteiger partial charge on any atom is 0.277 e. The van der Waals surface area contributed by atoms with Crippen LogP contribution in [-0.2, 0) is 11.3 Å². The fourth-order valence-electron chi connectivity index (χ4n) is 4.84. The van der Waals surface area contributed by atoms with Crippen molar-refractivity contribution < 1.29 is 22.8 Å². The number of hydrogen-bond acceptors (Lipinski definition) is 8. The first kappa shape index (κ1) is 26.7. The summed E-state index contributed by atoms with van der Waals surface area (Å²) in [6.45, 7) is 4.17. The number of carbonyl (C=O) groups excluding carboxylic acids is 2. The molecule has 2 atom stereocenters. The number of nitrogens with one attached hydrogen (secondary N) is 1. The van der Waals surface area contributed by atoms with Crippen molar-refractivity contribution in [2.75, 3.05) is 16.8 Å². The Morgan fingerprint density at radius 2 is 1.98 bits per heavy atom. The van der Waals surface area contributed by atoms with Crippen molar-refractivity contribution in [2.45, 2.75) is 33.2 Å². The Hall–Kier alpha value is -4.46. The lowest BCUT2D eigenvalue weighted by Crippen LogP contribution is -2.30. The smallest absolute Gasteiger partial charge is 0.277 e. The Bertz CT molecular complexity index is 1710. The average Bonchev–Trinajstić information content (AvgIpc) is 3.46. The summed E-state index contributed by atoms with van der Waals surface area (Å²) in [5.74, 6) is -0.622. The van der Waals surface area contributed by atoms with Crippen LogP contribution in [0.3, 0.4) is 0 Å². The van der Waals surface area contributed by atoms with Gasteiger partial charge in [0, 0.05) is 41.0 Å². The Labute approximate surface area is 235 Å². The van der Waals surface area contributed by atoms with E-state index < -0.39 is 29.3 Å². The highest BCUT2D eigenvalue weighted by atomic mass is 35.5. The van der Waals surface area contributed by atoms with Crippen LogP contribution in [0.4, 0.5) is 24.9 Å². The van der Waals surface area contributed by atoms with Crippen molar-refractivity contribution in [3.63, 3.8) is 0 Å². The van der Waals surface area contributed by atoms with E-state index in [1.165, 1.54) is 17.8 Å². The summed E-state index contributed by atoms with van der Waals surface area (Å²) in [4.78, 5) is 43.8. The van der Waals surface area contributed by atoms with Gasteiger partial charge in [0.2, 0.25) is 11.9 Å². The highest BCUT2D eigenvalue weighted by Crippen LogP contribution is 2.46. The molecular formula is C26H21ClF3N9O2. The molecule has 3 aromatic heterocycles. The van der Waals surface area contributed by atoms with Gasteiger partial charge >= 0.3 is 0 Å². The minimum absolute atomic E-state index is 0.0721. The number of alkyl halides is 2. The first-order valence-electron chi connectivity index (χ1n) is 12.6. The summed E-state index contributed by atoms with van der Waals surface area (Å²) in [6.07, 6.45) is 2.14. The third kappa shape index (κ3) is 4.99. The molecule has 0 bridgehead atoms. The number of carbonyl (C=O) groups is 2. The summed E-state index contributed by atoms with van der Waals surface area (Å²) in [5.41, 5.74) is 0.143. The Kier molecular flexibility index (Phi) is 6.64. The zero-order chi connectivity index (χ0) is 29.0. The predicted octanol–water partition coefficient (Wildman–Crippen LogP) is 4.16. The van der Waals surface area contributed by atoms with E-state index in [4.69, 9.17) is 11.6 Å². The molecule has 2 fully saturated rings. The van der Waals surface area contributed by atoms with Gasteiger partial charge in [0.15, 0.2) is 11.6 Å². The van der Waals surface area contributed by atoms with Crippen molar-refractivity contribution in [1.29, 1.82) is 0 Å². The molecule has 1 N–H and O–H groups in total. The predicted molar refractivity (Wildman–Crippen MR) is 140 cm³/mol. The van der Waals surface area contributed by atoms with Crippen LogP contribution in [0.15, 0.2) is 30.7 Å². The SMILES string of the molecule is Cc1nc(N2C[C@H]3C[C@H]3C2=O)ncc1Cn1cc(NC(=O)c2ncc(-c3c(C(F)F)ccc(Cl)c3F)nc2C)nn1. The van der Waals surface area contributed by atoms with Gasteiger partial charge in [-0.3, -0.25) is 14.5 Å². The Morgan fingerprint density at radius 3 is 2.66 bits per heavy atom. The number of nitrogens with zero attached hydrogens (tertiary/aromatic N) is 8. The zero-order valence-electron chi connectivity index (χ0n) is 21.6. The molecule has 11 nitrogen and oxygen atoms in total. The second kappa shape index (κ2) is 10.2. The van der Waals surface area contributed by atoms with E-state index in [-0.39, 0.29) is 46.3 Å². The van der Waals surface area contributed by atoms with Gasteiger partial charge in [-0.15, -0.1) is 5.10 Å². The summed E-state index contributed by atoms with van der Waals surface area (Å²) in [6, 6.07) is 2.06. The number of benzene rings is 1. The zero-order valence-corrected chi connectivity index (χ0v) is 22.4. The molecule has 210 valence electrons. The van der Waals surface area contributed by atoms with Crippen LogP contribution in [0.25, 0.3) is 11.3 Å². The molecule has 2 aliphatic rings. The van der Waals surface area contributed by atoms with Gasteiger partial charge in [-0.2, -0.15) is 0 Å². The molecule has 1 saturated carbocycles. The van der Waals surface area contributed by atoms with Crippen LogP contribution < -0.4 is 10.2 Å². The molecule has 6 rings (SSSR count). The van der Waals surface area contributed by atoms with Gasteiger partial charge in [0.05, 0.1) is 35.3 Å². The number of piperidine rings is 1. The monoisotopic (exact) mass is 583 g/mol. The van der Waals surface area contributed by atoms with Crippen LogP contribution in [-0.4, -0.2) is 53.3 Å². The van der Waals surface area contributed by atoms with E-state index in [0.29, 0.717) is 24.1 Å². The van der Waals surface area contributed by atoms with E-state index in [1.807, 2.05) is 6.92 Å². The van der Waals surface area contributed by atoms with Gasteiger partial charge in [-0.05, 0) is 32.3 Å². The fraction of sp³-hybridized carbons (Fsp3) is 0.308. The largest absolute Gasteiger partial charge is 0.302 e. The van der Waals surface area contributed by atoms with Crippen LogP contribution in [0, 0.1) is 31.5 Å². The first-order valence-corrected chi connectivity index (χ1v) is 12.9. The molecule has 0 spiro atoms. The van der Waals surface area contributed by atoms with Gasteiger partial charge < -0.3 is 5.32 Å². The van der Waals surface area contributed by atoms with Gasteiger partial charge in [0.1, 0.15) is 5.69 Å². The molecule has 1 aromatic carbocycles. The Morgan fingerprint density at radius 1 is 1.17 bits per heavy atom. The van der Waals surface area contributed by atoms with Gasteiger partial charge in [-0.25, -0.2) is 37.8 Å². The van der Waals surface area contributed by atoms with E-state index >= 15 is 0 Å². The van der Waals surface area contributed by atoms with Crippen LogP contribution >= 0.6 is 11.6 Å². The highest BCUT2D eigenvalue weighted by Gasteiger charge is 2.53. The molecule has 41 heavy (non-hydrogen) atoms. The minimum atomic E-state index is -2.97. The number of aromatic nitrogens is 7. The second-order valence-electron chi connectivity index (χ2n) is 9.90. The minimum Gasteiger partial charge on any atom is -0.302 e. The molecule has 2 amide bonds. The number of hydrogen-bond donors (Lipinski definition) is 1. The van der Waals surface area contributed by atoms with Crippen molar-refractivity contribution in [1.82, 2.24) is 34.9 Å². The van der Waals surface area contributed by atoms with Crippen molar-refractivity contribution in [2.24, 2.45) is 11.8 Å². The number of amides is 2. The van der Waals surface area contributed by atoms with E-state index in [9.17, 15) is 22.8 Å². The lowest BCUT2D eigenvalue weighted by Gasteiger charge is -2.17. The molecule has 4 aromatic rings. The summed E-state index contributed by atoms with van der Waals surface area (Å²) >= 11 is 5.79. The number of aryl methyl sites for hydroxylation is 2. The molecule has 4 heterocycles. The van der Waals surface area contributed by atoms with E-state index in [1.54, 1.807) is 11.1 Å². The quantitative estimate of drug-likeness (QED) is 0.343. The third-order valence-electron chi connectivity index (χ3n) is 7.13. The Balaban J connectivity index is 1.15. The van der Waals surface area contributed by atoms with Gasteiger partial charge in [-0.1, -0.05) is 22.9 Å². The molecule has 1 aliphatic carbocycles. The van der Waals surface area contributed by atoms with Crippen LogP contribution in [0.5, 0.6) is 0 Å². The van der Waals surface area contributed by atoms with Gasteiger partial charge in [0.25, 0.3) is 12.3 Å². The second-order valence-corrected chi connectivity index (χ2v) is 10.3. The number of rotatable bonds is 7. The van der Waals surface area contributed by atoms with Crippen molar-refractivity contribution in [3.8, 4) is 11.3 Å². The molecular weight excluding hydrogens is 563 g/mol. The standard InChI is InChI=1S/C26H21ClF3N9O2/c1-11-14(6-32-26(34-11)39-9-13-5-16(13)25(39)41)8-38-10-19(36-37-38)35-24(40)22-12(2)33-18(7-31-22)20-15(23(29)30)3-4-17(27)21(20)28/h3-4,6-7,10,13,16,23H,5,8-9H2,1-2H3,(H,35,40)/t13-,16-/m1/s1. The first-order chi connectivity index (χ1) is 19.6. The lowest BCUT2D eigenvalue weighted by atomic mass is 10.0. The molecule has 15 heteroatoms. The molecule has 0 unspecified atom stereocenters. The maximum absolute atomic E-state index is 14.6. The summed E-state index contributed by atoms with van der Waals surface area (Å²) in [7, 11) is 0. The number of halogens is 4. The number of anilines is 2. The molecule has 0 radical (unpaired) electrons. The number of fused-ring (bicyclic) bond motifs is 1. The summed E-state index contributed by atoms with van der Waals surface area (Å²) < 4.78 is 43.1. The molecule has 1 aliphatic heterocycles. The third-order valence-corrected chi connectivity index (χ3v) is 7.42. The van der Waals surface area contributed by atoms with E-state index in [2.05, 4.69) is 35.6 Å². The maximum atomic E-state index is 14.6. The van der Waals surface area contributed by atoms with E-state index in [0.717, 1.165) is 30.3 Å². The van der Waals surface area contributed by atoms with Crippen molar-refractivity contribution in [3.05, 3.63) is 69.8 Å². The van der Waals surface area contributed by atoms with Crippen LogP contribution in [0.2, 0.25) is 5.02 Å². The summed E-state index contributed by atoms with van der Waals surface area (Å²) in [5, 5.41) is 10.2. The fourth-order valence-corrected chi connectivity index (χ4v) is 4.99.